The highest BCUT2D eigenvalue weighted by atomic mass is 35.5. The van der Waals surface area contributed by atoms with Crippen LogP contribution in [0.15, 0.2) is 42.7 Å². The van der Waals surface area contributed by atoms with E-state index in [4.69, 9.17) is 31.0 Å². The number of nitrogens with one attached hydrogen (secondary N) is 1. The Morgan fingerprint density at radius 3 is 2.78 bits per heavy atom. The van der Waals surface area contributed by atoms with Crippen LogP contribution >= 0.6 is 22.9 Å². The van der Waals surface area contributed by atoms with Gasteiger partial charge in [-0.3, -0.25) is 4.98 Å². The van der Waals surface area contributed by atoms with Gasteiger partial charge in [-0.2, -0.15) is 0 Å². The number of pyridine rings is 1. The van der Waals surface area contributed by atoms with Crippen molar-refractivity contribution in [3.8, 4) is 17.1 Å². The minimum atomic E-state index is -0.358. The van der Waals surface area contributed by atoms with Crippen molar-refractivity contribution in [2.45, 2.75) is 20.4 Å². The lowest BCUT2D eigenvalue weighted by molar-refractivity contribution is 0.0531. The molecule has 0 radical (unpaired) electrons. The first-order valence-corrected chi connectivity index (χ1v) is 11.2. The minimum Gasteiger partial charge on any atom is -0.495 e. The summed E-state index contributed by atoms with van der Waals surface area (Å²) in [7, 11) is 1.58. The smallest absolute Gasteiger partial charge is 0.348 e. The van der Waals surface area contributed by atoms with Gasteiger partial charge in [0.1, 0.15) is 21.3 Å². The molecule has 0 saturated carbocycles. The molecule has 1 aromatic carbocycles. The van der Waals surface area contributed by atoms with E-state index in [-0.39, 0.29) is 5.97 Å². The number of thiophene rings is 1. The van der Waals surface area contributed by atoms with Gasteiger partial charge < -0.3 is 14.8 Å². The third-order valence-corrected chi connectivity index (χ3v) is 6.31. The Labute approximate surface area is 194 Å². The van der Waals surface area contributed by atoms with Crippen LogP contribution in [0.3, 0.4) is 0 Å². The monoisotopic (exact) mass is 468 g/mol. The van der Waals surface area contributed by atoms with Gasteiger partial charge in [0.15, 0.2) is 5.82 Å². The maximum Gasteiger partial charge on any atom is 0.348 e. The fraction of sp³-hybridized carbons (Fsp3) is 0.217. The number of benzene rings is 1. The van der Waals surface area contributed by atoms with E-state index < -0.39 is 0 Å². The van der Waals surface area contributed by atoms with Crippen molar-refractivity contribution >= 4 is 44.9 Å². The molecule has 0 amide bonds. The second-order valence-corrected chi connectivity index (χ2v) is 8.32. The van der Waals surface area contributed by atoms with Crippen molar-refractivity contribution in [2.24, 2.45) is 0 Å². The van der Waals surface area contributed by atoms with Gasteiger partial charge in [0.05, 0.1) is 24.1 Å². The Balaban J connectivity index is 1.77. The molecule has 7 nitrogen and oxygen atoms in total. The van der Waals surface area contributed by atoms with E-state index in [0.29, 0.717) is 45.3 Å². The summed E-state index contributed by atoms with van der Waals surface area (Å²) in [6.45, 7) is 4.45. The summed E-state index contributed by atoms with van der Waals surface area (Å²) >= 11 is 7.57. The number of hydrogen-bond acceptors (Lipinski definition) is 8. The number of carbonyl (C=O) groups is 1. The zero-order valence-electron chi connectivity index (χ0n) is 17.8. The summed E-state index contributed by atoms with van der Waals surface area (Å²) in [5, 5.41) is 4.72. The van der Waals surface area contributed by atoms with Gasteiger partial charge >= 0.3 is 5.97 Å². The molecular formula is C23H21ClN4O3S. The molecule has 9 heteroatoms. The number of esters is 1. The molecule has 0 aliphatic carbocycles. The van der Waals surface area contributed by atoms with E-state index in [9.17, 15) is 4.79 Å². The topological polar surface area (TPSA) is 86.2 Å². The molecule has 0 aliphatic rings. The summed E-state index contributed by atoms with van der Waals surface area (Å²) in [6.07, 6.45) is 3.41. The standard InChI is InChI=1S/C23H21ClN4O3S/c1-4-31-23(29)19-13(2)18-21(26-11-14-7-8-17(30-3)16(24)10-14)27-20(28-22(18)32-19)15-6-5-9-25-12-15/h5-10,12H,4,11H2,1-3H3,(H,26,27,28). The number of methoxy groups -OCH3 is 1. The van der Waals surface area contributed by atoms with E-state index in [1.54, 1.807) is 26.4 Å². The highest BCUT2D eigenvalue weighted by Crippen LogP contribution is 2.36. The van der Waals surface area contributed by atoms with E-state index >= 15 is 0 Å². The Kier molecular flexibility index (Phi) is 6.53. The molecule has 0 bridgehead atoms. The van der Waals surface area contributed by atoms with Crippen LogP contribution in [0.2, 0.25) is 5.02 Å². The molecule has 0 unspecified atom stereocenters. The summed E-state index contributed by atoms with van der Waals surface area (Å²) in [6, 6.07) is 9.33. The van der Waals surface area contributed by atoms with E-state index in [1.165, 1.54) is 11.3 Å². The van der Waals surface area contributed by atoms with Crippen molar-refractivity contribution in [1.82, 2.24) is 15.0 Å². The predicted octanol–water partition coefficient (Wildman–Crippen LogP) is 5.51. The summed E-state index contributed by atoms with van der Waals surface area (Å²) < 4.78 is 10.4. The molecule has 3 heterocycles. The lowest BCUT2D eigenvalue weighted by Crippen LogP contribution is -2.05. The molecule has 0 fully saturated rings. The van der Waals surface area contributed by atoms with Gasteiger partial charge in [0, 0.05) is 24.5 Å². The lowest BCUT2D eigenvalue weighted by atomic mass is 10.1. The second-order valence-electron chi connectivity index (χ2n) is 6.92. The van der Waals surface area contributed by atoms with E-state index in [0.717, 1.165) is 22.1 Å². The van der Waals surface area contributed by atoms with Gasteiger partial charge in [0.25, 0.3) is 0 Å². The van der Waals surface area contributed by atoms with Crippen LogP contribution in [-0.4, -0.2) is 34.6 Å². The van der Waals surface area contributed by atoms with Crippen LogP contribution in [-0.2, 0) is 11.3 Å². The van der Waals surface area contributed by atoms with Gasteiger partial charge in [-0.25, -0.2) is 14.8 Å². The summed E-state index contributed by atoms with van der Waals surface area (Å²) in [4.78, 5) is 27.3. The molecule has 4 rings (SSSR count). The highest BCUT2D eigenvalue weighted by molar-refractivity contribution is 7.20. The highest BCUT2D eigenvalue weighted by Gasteiger charge is 2.22. The lowest BCUT2D eigenvalue weighted by Gasteiger charge is -2.11. The quantitative estimate of drug-likeness (QED) is 0.358. The van der Waals surface area contributed by atoms with Gasteiger partial charge in [-0.1, -0.05) is 17.7 Å². The average molecular weight is 469 g/mol. The van der Waals surface area contributed by atoms with Crippen LogP contribution in [0.4, 0.5) is 5.82 Å². The number of fused-ring (bicyclic) bond motifs is 1. The SMILES string of the molecule is CCOC(=O)c1sc2nc(-c3cccnc3)nc(NCc3ccc(OC)c(Cl)c3)c2c1C. The first kappa shape index (κ1) is 22.0. The first-order chi connectivity index (χ1) is 15.5. The fourth-order valence-electron chi connectivity index (χ4n) is 3.29. The number of carbonyl (C=O) groups excluding carboxylic acids is 1. The van der Waals surface area contributed by atoms with E-state index in [1.807, 2.05) is 37.3 Å². The van der Waals surface area contributed by atoms with Crippen molar-refractivity contribution in [1.29, 1.82) is 0 Å². The maximum atomic E-state index is 12.5. The van der Waals surface area contributed by atoms with Crippen molar-refractivity contribution in [3.05, 3.63) is 63.8 Å². The second kappa shape index (κ2) is 9.50. The van der Waals surface area contributed by atoms with Crippen LogP contribution in [0.5, 0.6) is 5.75 Å². The number of aromatic nitrogens is 3. The number of nitrogens with zero attached hydrogens (tertiary/aromatic N) is 3. The molecule has 0 saturated heterocycles. The number of rotatable bonds is 7. The molecular weight excluding hydrogens is 448 g/mol. The molecule has 1 N–H and O–H groups in total. The molecule has 0 aliphatic heterocycles. The largest absolute Gasteiger partial charge is 0.495 e. The number of aryl methyl sites for hydroxylation is 1. The zero-order chi connectivity index (χ0) is 22.7. The average Bonchev–Trinajstić information content (AvgIpc) is 3.15. The molecule has 3 aromatic heterocycles. The third kappa shape index (κ3) is 4.37. The zero-order valence-corrected chi connectivity index (χ0v) is 19.4. The Bertz CT molecular complexity index is 1280. The first-order valence-electron chi connectivity index (χ1n) is 9.96. The van der Waals surface area contributed by atoms with Crippen LogP contribution in [0, 0.1) is 6.92 Å². The van der Waals surface area contributed by atoms with E-state index in [2.05, 4.69) is 10.3 Å². The Hall–Kier alpha value is -3.23. The van der Waals surface area contributed by atoms with Crippen LogP contribution in [0.1, 0.15) is 27.7 Å². The van der Waals surface area contributed by atoms with Crippen molar-refractivity contribution < 1.29 is 14.3 Å². The van der Waals surface area contributed by atoms with Gasteiger partial charge in [-0.05, 0) is 49.2 Å². The summed E-state index contributed by atoms with van der Waals surface area (Å²) in [5.41, 5.74) is 2.54. The van der Waals surface area contributed by atoms with Crippen LogP contribution < -0.4 is 10.1 Å². The maximum absolute atomic E-state index is 12.5. The van der Waals surface area contributed by atoms with Gasteiger partial charge in [-0.15, -0.1) is 11.3 Å². The number of halogens is 1. The number of anilines is 1. The number of hydrogen-bond donors (Lipinski definition) is 1. The number of ether oxygens (including phenoxy) is 2. The molecule has 0 spiro atoms. The summed E-state index contributed by atoms with van der Waals surface area (Å²) in [5.74, 6) is 1.41. The molecule has 4 aromatic rings. The molecule has 0 atom stereocenters. The van der Waals surface area contributed by atoms with Gasteiger partial charge in [0.2, 0.25) is 0 Å². The molecule has 164 valence electrons. The van der Waals surface area contributed by atoms with Crippen molar-refractivity contribution in [2.75, 3.05) is 19.0 Å². The normalized spacial score (nSPS) is 10.9. The third-order valence-electron chi connectivity index (χ3n) is 4.85. The minimum absolute atomic E-state index is 0.308. The van der Waals surface area contributed by atoms with Crippen LogP contribution in [0.25, 0.3) is 21.6 Å². The Morgan fingerprint density at radius 1 is 1.25 bits per heavy atom. The van der Waals surface area contributed by atoms with Crippen molar-refractivity contribution in [3.63, 3.8) is 0 Å². The molecule has 32 heavy (non-hydrogen) atoms. The fourth-order valence-corrected chi connectivity index (χ4v) is 4.64. The Morgan fingerprint density at radius 2 is 2.09 bits per heavy atom. The predicted molar refractivity (Wildman–Crippen MR) is 127 cm³/mol.